The van der Waals surface area contributed by atoms with E-state index in [0.29, 0.717) is 30.2 Å². The van der Waals surface area contributed by atoms with Gasteiger partial charge < -0.3 is 10.0 Å². The van der Waals surface area contributed by atoms with Crippen molar-refractivity contribution in [3.8, 4) is 0 Å². The minimum absolute atomic E-state index is 0. The first-order chi connectivity index (χ1) is 13.5. The molecule has 1 N–H and O–H groups in total. The maximum absolute atomic E-state index is 14.1. The lowest BCUT2D eigenvalue weighted by Crippen LogP contribution is -2.37. The number of hydrogen-bond acceptors (Lipinski definition) is 2. The minimum atomic E-state index is -0.572. The van der Waals surface area contributed by atoms with E-state index in [1.807, 2.05) is 24.3 Å². The molecule has 2 aliphatic rings. The van der Waals surface area contributed by atoms with Crippen molar-refractivity contribution in [3.05, 3.63) is 69.0 Å². The van der Waals surface area contributed by atoms with E-state index in [2.05, 4.69) is 4.90 Å². The predicted molar refractivity (Wildman–Crippen MR) is 120 cm³/mol. The van der Waals surface area contributed by atoms with Crippen LogP contribution in [0.25, 0.3) is 0 Å². The zero-order chi connectivity index (χ0) is 19.7. The van der Waals surface area contributed by atoms with Crippen LogP contribution in [-0.2, 0) is 6.42 Å². The summed E-state index contributed by atoms with van der Waals surface area (Å²) >= 11 is 12.8. The topological polar surface area (TPSA) is 23.5 Å². The van der Waals surface area contributed by atoms with Gasteiger partial charge in [0.25, 0.3) is 0 Å². The van der Waals surface area contributed by atoms with E-state index in [1.165, 1.54) is 6.07 Å². The Balaban J connectivity index is 0.00000240. The summed E-state index contributed by atoms with van der Waals surface area (Å²) in [5.74, 6) is 0.590. The number of aliphatic hydroxyl groups is 1. The molecule has 1 fully saturated rings. The monoisotopic (exact) mass is 457 g/mol. The molecule has 2 unspecified atom stereocenters. The summed E-state index contributed by atoms with van der Waals surface area (Å²) in [6.45, 7) is 2.95. The number of likely N-dealkylation sites (tertiary alicyclic amines) is 1. The first-order valence-electron chi connectivity index (χ1n) is 10.1. The number of hydrogen-bond donors (Lipinski definition) is 1. The summed E-state index contributed by atoms with van der Waals surface area (Å²) in [5.41, 5.74) is 2.56. The van der Waals surface area contributed by atoms with Gasteiger partial charge in [0.15, 0.2) is 0 Å². The third-order valence-corrected chi connectivity index (χ3v) is 7.04. The third kappa shape index (κ3) is 5.08. The number of piperidine rings is 1. The molecule has 1 saturated heterocycles. The van der Waals surface area contributed by atoms with Crippen LogP contribution < -0.4 is 0 Å². The Morgan fingerprint density at radius 1 is 1.00 bits per heavy atom. The van der Waals surface area contributed by atoms with Crippen molar-refractivity contribution < 1.29 is 9.50 Å². The Morgan fingerprint density at radius 3 is 2.34 bits per heavy atom. The van der Waals surface area contributed by atoms with Crippen LogP contribution in [0.3, 0.4) is 0 Å². The summed E-state index contributed by atoms with van der Waals surface area (Å²) in [6, 6.07) is 10.8. The van der Waals surface area contributed by atoms with Gasteiger partial charge in [-0.3, -0.25) is 0 Å². The Labute approximate surface area is 188 Å². The highest BCUT2D eigenvalue weighted by Crippen LogP contribution is 2.38. The van der Waals surface area contributed by atoms with Crippen molar-refractivity contribution in [2.24, 2.45) is 5.92 Å². The van der Waals surface area contributed by atoms with Crippen LogP contribution >= 0.6 is 35.6 Å². The Bertz CT molecular complexity index is 819. The van der Waals surface area contributed by atoms with E-state index in [-0.39, 0.29) is 18.2 Å². The summed E-state index contributed by atoms with van der Waals surface area (Å²) < 4.78 is 14.1. The van der Waals surface area contributed by atoms with E-state index in [4.69, 9.17) is 23.2 Å². The van der Waals surface area contributed by atoms with Crippen molar-refractivity contribution in [1.29, 1.82) is 0 Å². The van der Waals surface area contributed by atoms with Gasteiger partial charge in [-0.05, 0) is 91.9 Å². The van der Waals surface area contributed by atoms with E-state index in [0.717, 1.165) is 60.1 Å². The molecule has 158 valence electrons. The fourth-order valence-electron chi connectivity index (χ4n) is 4.90. The van der Waals surface area contributed by atoms with Crippen molar-refractivity contribution in [1.82, 2.24) is 4.90 Å². The van der Waals surface area contributed by atoms with E-state index in [1.54, 1.807) is 6.07 Å². The maximum atomic E-state index is 14.1. The molecule has 0 saturated carbocycles. The maximum Gasteiger partial charge on any atom is 0.126 e. The molecule has 2 atom stereocenters. The van der Waals surface area contributed by atoms with Gasteiger partial charge in [-0.25, -0.2) is 4.39 Å². The third-order valence-electron chi connectivity index (χ3n) is 6.39. The summed E-state index contributed by atoms with van der Waals surface area (Å²) in [7, 11) is 0. The van der Waals surface area contributed by atoms with Crippen molar-refractivity contribution in [2.75, 3.05) is 19.6 Å². The largest absolute Gasteiger partial charge is 0.388 e. The highest BCUT2D eigenvalue weighted by molar-refractivity contribution is 6.36. The van der Waals surface area contributed by atoms with E-state index in [9.17, 15) is 9.50 Å². The molecule has 4 rings (SSSR count). The van der Waals surface area contributed by atoms with Gasteiger partial charge in [-0.2, -0.15) is 0 Å². The molecule has 0 bridgehead atoms. The minimum Gasteiger partial charge on any atom is -0.388 e. The molecule has 1 heterocycles. The number of aliphatic hydroxyl groups excluding tert-OH is 1. The molecular weight excluding hydrogens is 432 g/mol. The highest BCUT2D eigenvalue weighted by Gasteiger charge is 2.29. The molecule has 0 spiro atoms. The number of halogens is 4. The van der Waals surface area contributed by atoms with Crippen LogP contribution in [0, 0.1) is 11.7 Å². The summed E-state index contributed by atoms with van der Waals surface area (Å²) in [5, 5.41) is 12.1. The van der Waals surface area contributed by atoms with Gasteiger partial charge >= 0.3 is 0 Å². The van der Waals surface area contributed by atoms with Gasteiger partial charge in [-0.15, -0.1) is 12.4 Å². The molecule has 29 heavy (non-hydrogen) atoms. The highest BCUT2D eigenvalue weighted by atomic mass is 35.5. The number of nitrogens with zero attached hydrogens (tertiary/aromatic N) is 1. The number of fused-ring (bicyclic) bond motifs is 1. The number of benzene rings is 2. The molecule has 2 nitrogen and oxygen atoms in total. The molecule has 0 radical (unpaired) electrons. The smallest absolute Gasteiger partial charge is 0.126 e. The second-order valence-corrected chi connectivity index (χ2v) is 8.99. The lowest BCUT2D eigenvalue weighted by molar-refractivity contribution is 0.117. The van der Waals surface area contributed by atoms with Crippen LogP contribution in [0.5, 0.6) is 0 Å². The molecule has 2 aromatic carbocycles. The molecule has 2 aromatic rings. The molecule has 0 aromatic heterocycles. The standard InChI is InChI=1S/C23H26Cl2FNO.ClH/c24-19-4-2-5-20(25)23(19)16-9-11-27(12-10-16)14-15-7-8-17-18(22(28)13-15)3-1-6-21(17)26;/h1-6,15-16,22,28H,7-14H2;1H. The van der Waals surface area contributed by atoms with E-state index >= 15 is 0 Å². The van der Waals surface area contributed by atoms with Gasteiger partial charge in [0, 0.05) is 16.6 Å². The van der Waals surface area contributed by atoms with Crippen LogP contribution in [0.1, 0.15) is 54.4 Å². The molecule has 6 heteroatoms. The first-order valence-corrected chi connectivity index (χ1v) is 10.9. The molecule has 0 amide bonds. The lowest BCUT2D eigenvalue weighted by atomic mass is 9.88. The Hall–Kier alpha value is -0.840. The van der Waals surface area contributed by atoms with Gasteiger partial charge in [-0.1, -0.05) is 41.4 Å². The molecule has 1 aliphatic heterocycles. The average molecular weight is 459 g/mol. The lowest BCUT2D eigenvalue weighted by Gasteiger charge is -2.35. The van der Waals surface area contributed by atoms with Gasteiger partial charge in [0.05, 0.1) is 6.10 Å². The SMILES string of the molecule is Cl.OC1CC(CN2CCC(c3c(Cl)cccc3Cl)CC2)CCc2c(F)cccc21. The predicted octanol–water partition coefficient (Wildman–Crippen LogP) is 6.42. The van der Waals surface area contributed by atoms with Crippen LogP contribution in [-0.4, -0.2) is 29.6 Å². The van der Waals surface area contributed by atoms with Crippen LogP contribution in [0.15, 0.2) is 36.4 Å². The quantitative estimate of drug-likeness (QED) is 0.536. The Morgan fingerprint density at radius 2 is 1.66 bits per heavy atom. The average Bonchev–Trinajstić information content (AvgIpc) is 2.83. The number of rotatable bonds is 3. The zero-order valence-electron chi connectivity index (χ0n) is 16.3. The summed E-state index contributed by atoms with van der Waals surface area (Å²) in [6.07, 6.45) is 3.82. The van der Waals surface area contributed by atoms with Crippen LogP contribution in [0.4, 0.5) is 4.39 Å². The molecular formula is C23H27Cl3FNO. The van der Waals surface area contributed by atoms with E-state index < -0.39 is 6.10 Å². The van der Waals surface area contributed by atoms with Gasteiger partial charge in [0.1, 0.15) is 5.82 Å². The fourth-order valence-corrected chi connectivity index (χ4v) is 5.60. The first kappa shape index (κ1) is 22.8. The van der Waals surface area contributed by atoms with Gasteiger partial charge in [0.2, 0.25) is 0 Å². The normalized spacial score (nSPS) is 23.2. The Kier molecular flexibility index (Phi) is 7.86. The fraction of sp³-hybridized carbons (Fsp3) is 0.478. The zero-order valence-corrected chi connectivity index (χ0v) is 18.6. The van der Waals surface area contributed by atoms with Crippen LogP contribution in [0.2, 0.25) is 10.0 Å². The van der Waals surface area contributed by atoms with Crippen molar-refractivity contribution >= 4 is 35.6 Å². The van der Waals surface area contributed by atoms with Crippen molar-refractivity contribution in [3.63, 3.8) is 0 Å². The van der Waals surface area contributed by atoms with Crippen molar-refractivity contribution in [2.45, 2.75) is 44.1 Å². The molecule has 1 aliphatic carbocycles. The summed E-state index contributed by atoms with van der Waals surface area (Å²) in [4.78, 5) is 2.48. The second kappa shape index (κ2) is 9.98. The second-order valence-electron chi connectivity index (χ2n) is 8.17.